The van der Waals surface area contributed by atoms with Gasteiger partial charge in [-0.3, -0.25) is 4.79 Å². The molecule has 0 aliphatic carbocycles. The number of halogens is 3. The Morgan fingerprint density at radius 2 is 1.68 bits per heavy atom. The minimum Gasteiger partial charge on any atom is -0.508 e. The van der Waals surface area contributed by atoms with Crippen molar-refractivity contribution in [2.75, 3.05) is 6.54 Å². The first-order valence-corrected chi connectivity index (χ1v) is 6.68. The van der Waals surface area contributed by atoms with E-state index < -0.39 is 28.9 Å². The molecular formula is C16H14F3NO2. The van der Waals surface area contributed by atoms with Crippen LogP contribution in [0.5, 0.6) is 5.75 Å². The van der Waals surface area contributed by atoms with Gasteiger partial charge in [-0.25, -0.2) is 13.2 Å². The first-order chi connectivity index (χ1) is 10.5. The Morgan fingerprint density at radius 1 is 1.00 bits per heavy atom. The third kappa shape index (κ3) is 3.78. The average Bonchev–Trinajstić information content (AvgIpc) is 2.51. The average molecular weight is 309 g/mol. The molecular weight excluding hydrogens is 295 g/mol. The minimum atomic E-state index is -1.66. The molecule has 2 aromatic rings. The fourth-order valence-electron chi connectivity index (χ4n) is 1.95. The predicted octanol–water partition coefficient (Wildman–Crippen LogP) is 3.17. The molecule has 0 aliphatic heterocycles. The van der Waals surface area contributed by atoms with Crippen LogP contribution in [0.15, 0.2) is 36.4 Å². The number of hydrogen-bond donors (Lipinski definition) is 2. The van der Waals surface area contributed by atoms with Gasteiger partial charge in [-0.1, -0.05) is 12.1 Å². The second-order valence-electron chi connectivity index (χ2n) is 4.75. The van der Waals surface area contributed by atoms with E-state index in [0.717, 1.165) is 11.6 Å². The number of phenols is 1. The van der Waals surface area contributed by atoms with Crippen LogP contribution in [0.25, 0.3) is 0 Å². The Balaban J connectivity index is 1.85. The van der Waals surface area contributed by atoms with Gasteiger partial charge in [0.1, 0.15) is 5.75 Å². The summed E-state index contributed by atoms with van der Waals surface area (Å²) in [5.74, 6) is -5.10. The van der Waals surface area contributed by atoms with E-state index in [1.54, 1.807) is 24.3 Å². The summed E-state index contributed by atoms with van der Waals surface area (Å²) in [7, 11) is 0. The van der Waals surface area contributed by atoms with Crippen LogP contribution >= 0.6 is 0 Å². The second kappa shape index (κ2) is 6.98. The second-order valence-corrected chi connectivity index (χ2v) is 4.75. The van der Waals surface area contributed by atoms with Gasteiger partial charge in [0, 0.05) is 6.54 Å². The van der Waals surface area contributed by atoms with Crippen LogP contribution in [0.2, 0.25) is 0 Å². The number of aryl methyl sites for hydroxylation is 1. The van der Waals surface area contributed by atoms with Crippen LogP contribution < -0.4 is 5.32 Å². The zero-order chi connectivity index (χ0) is 16.1. The highest BCUT2D eigenvalue weighted by Crippen LogP contribution is 2.15. The van der Waals surface area contributed by atoms with E-state index in [2.05, 4.69) is 5.32 Å². The van der Waals surface area contributed by atoms with Gasteiger partial charge in [0.05, 0.1) is 5.56 Å². The maximum Gasteiger partial charge on any atom is 0.254 e. The SMILES string of the molecule is O=C(NCCCc1ccc(O)cc1)c1ccc(F)c(F)c1F. The summed E-state index contributed by atoms with van der Waals surface area (Å²) >= 11 is 0. The number of benzene rings is 2. The van der Waals surface area contributed by atoms with Crippen molar-refractivity contribution in [3.05, 3.63) is 65.0 Å². The summed E-state index contributed by atoms with van der Waals surface area (Å²) in [5, 5.41) is 11.6. The zero-order valence-electron chi connectivity index (χ0n) is 11.6. The van der Waals surface area contributed by atoms with Crippen molar-refractivity contribution in [2.45, 2.75) is 12.8 Å². The van der Waals surface area contributed by atoms with Crippen molar-refractivity contribution in [1.29, 1.82) is 0 Å². The Kier molecular flexibility index (Phi) is 5.04. The van der Waals surface area contributed by atoms with Crippen molar-refractivity contribution in [2.24, 2.45) is 0 Å². The van der Waals surface area contributed by atoms with Crippen LogP contribution in [-0.2, 0) is 6.42 Å². The largest absolute Gasteiger partial charge is 0.508 e. The number of aromatic hydroxyl groups is 1. The summed E-state index contributed by atoms with van der Waals surface area (Å²) in [4.78, 5) is 11.7. The molecule has 0 heterocycles. The monoisotopic (exact) mass is 309 g/mol. The lowest BCUT2D eigenvalue weighted by molar-refractivity contribution is 0.0948. The fraction of sp³-hybridized carbons (Fsp3) is 0.188. The van der Waals surface area contributed by atoms with E-state index in [4.69, 9.17) is 5.11 Å². The minimum absolute atomic E-state index is 0.172. The number of phenolic OH excluding ortho intramolecular Hbond substituents is 1. The molecule has 0 aliphatic rings. The molecule has 0 bridgehead atoms. The molecule has 1 amide bonds. The first-order valence-electron chi connectivity index (χ1n) is 6.68. The van der Waals surface area contributed by atoms with Crippen molar-refractivity contribution in [3.63, 3.8) is 0 Å². The third-order valence-electron chi connectivity index (χ3n) is 3.14. The van der Waals surface area contributed by atoms with Gasteiger partial charge in [0.15, 0.2) is 17.5 Å². The lowest BCUT2D eigenvalue weighted by atomic mass is 10.1. The zero-order valence-corrected chi connectivity index (χ0v) is 11.6. The Labute approximate surface area is 125 Å². The van der Waals surface area contributed by atoms with Crippen molar-refractivity contribution >= 4 is 5.91 Å². The van der Waals surface area contributed by atoms with Crippen LogP contribution in [0.3, 0.4) is 0 Å². The first kappa shape index (κ1) is 15.9. The highest BCUT2D eigenvalue weighted by molar-refractivity contribution is 5.94. The molecule has 2 rings (SSSR count). The molecule has 3 nitrogen and oxygen atoms in total. The number of carbonyl (C=O) groups is 1. The van der Waals surface area contributed by atoms with Crippen molar-refractivity contribution in [3.8, 4) is 5.75 Å². The molecule has 116 valence electrons. The van der Waals surface area contributed by atoms with Gasteiger partial charge in [-0.05, 0) is 42.7 Å². The quantitative estimate of drug-likeness (QED) is 0.658. The summed E-state index contributed by atoms with van der Waals surface area (Å²) in [6.07, 6.45) is 1.24. The van der Waals surface area contributed by atoms with Crippen LogP contribution in [0.4, 0.5) is 13.2 Å². The Morgan fingerprint density at radius 3 is 2.36 bits per heavy atom. The van der Waals surface area contributed by atoms with Crippen molar-refractivity contribution in [1.82, 2.24) is 5.32 Å². The van der Waals surface area contributed by atoms with E-state index in [-0.39, 0.29) is 12.3 Å². The van der Waals surface area contributed by atoms with Gasteiger partial charge in [-0.2, -0.15) is 0 Å². The molecule has 0 saturated heterocycles. The molecule has 0 unspecified atom stereocenters. The number of amides is 1. The summed E-state index contributed by atoms with van der Waals surface area (Å²) in [6, 6.07) is 8.25. The van der Waals surface area contributed by atoms with E-state index in [1.807, 2.05) is 0 Å². The maximum absolute atomic E-state index is 13.4. The maximum atomic E-state index is 13.4. The Hall–Kier alpha value is -2.50. The molecule has 0 radical (unpaired) electrons. The van der Waals surface area contributed by atoms with Gasteiger partial charge >= 0.3 is 0 Å². The standard InChI is InChI=1S/C16H14F3NO2/c17-13-8-7-12(14(18)15(13)19)16(22)20-9-1-2-10-3-5-11(21)6-4-10/h3-8,21H,1-2,9H2,(H,20,22). The van der Waals surface area contributed by atoms with E-state index in [0.29, 0.717) is 18.9 Å². The number of rotatable bonds is 5. The molecule has 6 heteroatoms. The number of carbonyl (C=O) groups excluding carboxylic acids is 1. The number of hydrogen-bond acceptors (Lipinski definition) is 2. The van der Waals surface area contributed by atoms with Gasteiger partial charge in [0.25, 0.3) is 5.91 Å². The highest BCUT2D eigenvalue weighted by atomic mass is 19.2. The van der Waals surface area contributed by atoms with Crippen molar-refractivity contribution < 1.29 is 23.1 Å². The van der Waals surface area contributed by atoms with Gasteiger partial charge in [-0.15, -0.1) is 0 Å². The smallest absolute Gasteiger partial charge is 0.254 e. The van der Waals surface area contributed by atoms with Crippen LogP contribution in [0, 0.1) is 17.5 Å². The molecule has 22 heavy (non-hydrogen) atoms. The third-order valence-corrected chi connectivity index (χ3v) is 3.14. The molecule has 0 atom stereocenters. The summed E-state index contributed by atoms with van der Waals surface area (Å²) in [5.41, 5.74) is 0.453. The Bertz CT molecular complexity index is 672. The fourth-order valence-corrected chi connectivity index (χ4v) is 1.95. The van der Waals surface area contributed by atoms with E-state index >= 15 is 0 Å². The lowest BCUT2D eigenvalue weighted by Gasteiger charge is -2.07. The van der Waals surface area contributed by atoms with Gasteiger partial charge in [0.2, 0.25) is 0 Å². The molecule has 0 fully saturated rings. The predicted molar refractivity (Wildman–Crippen MR) is 75.1 cm³/mol. The van der Waals surface area contributed by atoms with Gasteiger partial charge < -0.3 is 10.4 Å². The molecule has 0 saturated carbocycles. The lowest BCUT2D eigenvalue weighted by Crippen LogP contribution is -2.26. The highest BCUT2D eigenvalue weighted by Gasteiger charge is 2.18. The molecule has 0 aromatic heterocycles. The van der Waals surface area contributed by atoms with E-state index in [9.17, 15) is 18.0 Å². The number of nitrogens with one attached hydrogen (secondary N) is 1. The summed E-state index contributed by atoms with van der Waals surface area (Å²) in [6.45, 7) is 0.262. The normalized spacial score (nSPS) is 10.5. The molecule has 0 spiro atoms. The molecule has 2 aromatic carbocycles. The summed E-state index contributed by atoms with van der Waals surface area (Å²) < 4.78 is 39.2. The molecule has 2 N–H and O–H groups in total. The topological polar surface area (TPSA) is 49.3 Å². The van der Waals surface area contributed by atoms with E-state index in [1.165, 1.54) is 0 Å². The van der Waals surface area contributed by atoms with Crippen LogP contribution in [-0.4, -0.2) is 17.6 Å². The van der Waals surface area contributed by atoms with Crippen LogP contribution in [0.1, 0.15) is 22.3 Å².